The van der Waals surface area contributed by atoms with Gasteiger partial charge in [0.2, 0.25) is 10.0 Å². The lowest BCUT2D eigenvalue weighted by Gasteiger charge is -2.25. The van der Waals surface area contributed by atoms with Gasteiger partial charge in [0.15, 0.2) is 0 Å². The molecule has 1 aromatic carbocycles. The summed E-state index contributed by atoms with van der Waals surface area (Å²) in [7, 11) is -0.282. The number of hydrogen-bond donors (Lipinski definition) is 1. The van der Waals surface area contributed by atoms with Crippen LogP contribution in [0, 0.1) is 0 Å². The minimum absolute atomic E-state index is 0. The highest BCUT2D eigenvalue weighted by atomic mass is 35.5. The van der Waals surface area contributed by atoms with Crippen molar-refractivity contribution in [3.8, 4) is 5.75 Å². The van der Waals surface area contributed by atoms with Gasteiger partial charge in [-0.15, -0.1) is 12.4 Å². The summed E-state index contributed by atoms with van der Waals surface area (Å²) >= 11 is 6.05. The topological polar surface area (TPSA) is 67.9 Å². The molecular formula is C16H26Cl2N2O4S. The number of halogens is 2. The second-order valence-corrected chi connectivity index (χ2v) is 8.24. The number of benzene rings is 1. The number of rotatable bonds is 8. The molecule has 9 heteroatoms. The summed E-state index contributed by atoms with van der Waals surface area (Å²) in [5, 5.41) is 3.42. The van der Waals surface area contributed by atoms with Crippen molar-refractivity contribution >= 4 is 34.0 Å². The summed E-state index contributed by atoms with van der Waals surface area (Å²) in [4.78, 5) is 0.112. The molecule has 6 nitrogen and oxygen atoms in total. The van der Waals surface area contributed by atoms with Gasteiger partial charge >= 0.3 is 0 Å². The highest BCUT2D eigenvalue weighted by Crippen LogP contribution is 2.33. The smallest absolute Gasteiger partial charge is 0.247 e. The lowest BCUT2D eigenvalue weighted by molar-refractivity contribution is 0.0900. The molecule has 1 aromatic rings. The van der Waals surface area contributed by atoms with Gasteiger partial charge in [-0.25, -0.2) is 8.42 Å². The summed E-state index contributed by atoms with van der Waals surface area (Å²) in [6.07, 6.45) is 1.43. The monoisotopic (exact) mass is 412 g/mol. The van der Waals surface area contributed by atoms with E-state index in [0.717, 1.165) is 12.8 Å². The molecule has 1 heterocycles. The van der Waals surface area contributed by atoms with Crippen LogP contribution in [0.15, 0.2) is 23.1 Å². The highest BCUT2D eigenvalue weighted by Gasteiger charge is 2.36. The molecule has 0 amide bonds. The van der Waals surface area contributed by atoms with E-state index in [4.69, 9.17) is 21.1 Å². The maximum Gasteiger partial charge on any atom is 0.247 e. The molecule has 0 aromatic heterocycles. The quantitative estimate of drug-likeness (QED) is 0.710. The highest BCUT2D eigenvalue weighted by molar-refractivity contribution is 7.89. The zero-order chi connectivity index (χ0) is 17.7. The average molecular weight is 413 g/mol. The molecule has 144 valence electrons. The number of likely N-dealkylation sites (N-methyl/N-ethyl adjacent to an activating group) is 1. The van der Waals surface area contributed by atoms with Crippen molar-refractivity contribution in [2.75, 3.05) is 33.9 Å². The molecule has 0 spiro atoms. The zero-order valence-corrected chi connectivity index (χ0v) is 17.1. The van der Waals surface area contributed by atoms with Gasteiger partial charge in [-0.2, -0.15) is 4.31 Å². The second kappa shape index (κ2) is 9.94. The first kappa shape index (κ1) is 22.5. The van der Waals surface area contributed by atoms with Crippen molar-refractivity contribution in [2.24, 2.45) is 0 Å². The van der Waals surface area contributed by atoms with E-state index in [2.05, 4.69) is 5.32 Å². The summed E-state index contributed by atoms with van der Waals surface area (Å²) in [6.45, 7) is 3.33. The van der Waals surface area contributed by atoms with Crippen LogP contribution in [0.25, 0.3) is 0 Å². The average Bonchev–Trinajstić information content (AvgIpc) is 2.99. The molecule has 25 heavy (non-hydrogen) atoms. The molecule has 1 saturated heterocycles. The minimum Gasteiger partial charge on any atom is -0.487 e. The predicted molar refractivity (Wildman–Crippen MR) is 102 cm³/mol. The van der Waals surface area contributed by atoms with Crippen LogP contribution in [0.4, 0.5) is 0 Å². The summed E-state index contributed by atoms with van der Waals surface area (Å²) in [5.74, 6) is 0.305. The Morgan fingerprint density at radius 1 is 1.44 bits per heavy atom. The first-order valence-corrected chi connectivity index (χ1v) is 9.83. The zero-order valence-electron chi connectivity index (χ0n) is 14.7. The summed E-state index contributed by atoms with van der Waals surface area (Å²) in [6, 6.07) is 4.64. The standard InChI is InChI=1S/C16H25ClN2O4S.ClH/c1-12(11-22-3)23-15-7-6-13(17)9-16(15)24(20,21)19-8-4-5-14(19)10-18-2;/h6-7,9,12,14,18H,4-5,8,10-11H2,1-3H3;1H. The lowest BCUT2D eigenvalue weighted by Crippen LogP contribution is -2.41. The maximum absolute atomic E-state index is 13.2. The van der Waals surface area contributed by atoms with Gasteiger partial charge < -0.3 is 14.8 Å². The molecule has 1 fully saturated rings. The molecule has 1 N–H and O–H groups in total. The summed E-state index contributed by atoms with van der Waals surface area (Å²) in [5.41, 5.74) is 0. The predicted octanol–water partition coefficient (Wildman–Crippen LogP) is 2.55. The number of nitrogens with zero attached hydrogens (tertiary/aromatic N) is 1. The van der Waals surface area contributed by atoms with Crippen LogP contribution in [0.3, 0.4) is 0 Å². The van der Waals surface area contributed by atoms with E-state index in [1.54, 1.807) is 23.5 Å². The van der Waals surface area contributed by atoms with Crippen molar-refractivity contribution in [1.29, 1.82) is 0 Å². The largest absolute Gasteiger partial charge is 0.487 e. The van der Waals surface area contributed by atoms with Crippen LogP contribution < -0.4 is 10.1 Å². The molecule has 2 rings (SSSR count). The van der Waals surface area contributed by atoms with E-state index in [0.29, 0.717) is 30.5 Å². The van der Waals surface area contributed by atoms with E-state index in [-0.39, 0.29) is 29.4 Å². The van der Waals surface area contributed by atoms with Crippen LogP contribution in [0.1, 0.15) is 19.8 Å². The maximum atomic E-state index is 13.2. The third-order valence-corrected chi connectivity index (χ3v) is 6.19. The van der Waals surface area contributed by atoms with Gasteiger partial charge in [0.1, 0.15) is 16.7 Å². The SMILES string of the molecule is CNCC1CCCN1S(=O)(=O)c1cc(Cl)ccc1OC(C)COC.Cl. The third kappa shape index (κ3) is 5.45. The van der Waals surface area contributed by atoms with Crippen LogP contribution >= 0.6 is 24.0 Å². The van der Waals surface area contributed by atoms with Crippen molar-refractivity contribution in [2.45, 2.75) is 36.8 Å². The van der Waals surface area contributed by atoms with E-state index in [9.17, 15) is 8.42 Å². The molecule has 0 saturated carbocycles. The number of sulfonamides is 1. The molecule has 0 aliphatic carbocycles. The molecule has 1 aliphatic rings. The molecule has 1 aliphatic heterocycles. The number of hydrogen-bond acceptors (Lipinski definition) is 5. The Balaban J connectivity index is 0.00000312. The molecular weight excluding hydrogens is 387 g/mol. The Morgan fingerprint density at radius 3 is 2.80 bits per heavy atom. The Kier molecular flexibility index (Phi) is 8.94. The van der Waals surface area contributed by atoms with E-state index in [1.807, 2.05) is 14.0 Å². The fourth-order valence-corrected chi connectivity index (χ4v) is 5.04. The van der Waals surface area contributed by atoms with Crippen LogP contribution in [0.2, 0.25) is 5.02 Å². The normalized spacial score (nSPS) is 19.4. The van der Waals surface area contributed by atoms with Gasteiger partial charge in [-0.05, 0) is 45.0 Å². The fourth-order valence-electron chi connectivity index (χ4n) is 2.96. The van der Waals surface area contributed by atoms with Crippen molar-refractivity contribution in [3.05, 3.63) is 23.2 Å². The van der Waals surface area contributed by atoms with Gasteiger partial charge in [0.05, 0.1) is 6.61 Å². The van der Waals surface area contributed by atoms with Crippen molar-refractivity contribution in [1.82, 2.24) is 9.62 Å². The number of ether oxygens (including phenoxy) is 2. The van der Waals surface area contributed by atoms with Crippen LogP contribution in [0.5, 0.6) is 5.75 Å². The van der Waals surface area contributed by atoms with Gasteiger partial charge in [0.25, 0.3) is 0 Å². The Hall–Kier alpha value is -0.570. The van der Waals surface area contributed by atoms with Crippen molar-refractivity contribution < 1.29 is 17.9 Å². The Labute approximate surface area is 161 Å². The number of methoxy groups -OCH3 is 1. The number of nitrogens with one attached hydrogen (secondary N) is 1. The first-order chi connectivity index (χ1) is 11.4. The first-order valence-electron chi connectivity index (χ1n) is 8.01. The van der Waals surface area contributed by atoms with Gasteiger partial charge in [-0.3, -0.25) is 0 Å². The fraction of sp³-hybridized carbons (Fsp3) is 0.625. The van der Waals surface area contributed by atoms with Crippen molar-refractivity contribution in [3.63, 3.8) is 0 Å². The van der Waals surface area contributed by atoms with Gasteiger partial charge in [-0.1, -0.05) is 11.6 Å². The Morgan fingerprint density at radius 2 is 2.16 bits per heavy atom. The van der Waals surface area contributed by atoms with E-state index < -0.39 is 10.0 Å². The van der Waals surface area contributed by atoms with Crippen LogP contribution in [-0.4, -0.2) is 58.7 Å². The Bertz CT molecular complexity index is 658. The van der Waals surface area contributed by atoms with Crippen LogP contribution in [-0.2, 0) is 14.8 Å². The lowest BCUT2D eigenvalue weighted by atomic mass is 10.2. The minimum atomic E-state index is -3.68. The van der Waals surface area contributed by atoms with E-state index in [1.165, 1.54) is 6.07 Å². The second-order valence-electron chi connectivity index (χ2n) is 5.94. The summed E-state index contributed by atoms with van der Waals surface area (Å²) < 4.78 is 38.7. The third-order valence-electron chi connectivity index (χ3n) is 3.98. The van der Waals surface area contributed by atoms with E-state index >= 15 is 0 Å². The molecule has 2 atom stereocenters. The molecule has 0 radical (unpaired) electrons. The van der Waals surface area contributed by atoms with Gasteiger partial charge in [0, 0.05) is 31.3 Å². The molecule has 2 unspecified atom stereocenters. The molecule has 0 bridgehead atoms.